The lowest BCUT2D eigenvalue weighted by molar-refractivity contribution is -0.142. The van der Waals surface area contributed by atoms with Crippen LogP contribution in [-0.4, -0.2) is 43.7 Å². The van der Waals surface area contributed by atoms with Crippen molar-refractivity contribution in [1.29, 1.82) is 0 Å². The molecule has 2 heterocycles. The summed E-state index contributed by atoms with van der Waals surface area (Å²) < 4.78 is 24.6. The molecule has 0 N–H and O–H groups in total. The summed E-state index contributed by atoms with van der Waals surface area (Å²) in [5.74, 6) is 1.49. The summed E-state index contributed by atoms with van der Waals surface area (Å²) in [6, 6.07) is 14.9. The number of halogens is 1. The van der Waals surface area contributed by atoms with Gasteiger partial charge in [-0.05, 0) is 86.8 Å². The Labute approximate surface area is 190 Å². The van der Waals surface area contributed by atoms with Gasteiger partial charge in [-0.2, -0.15) is 0 Å². The molecule has 0 bridgehead atoms. The SMILES string of the molecule is CCOc1ccc(CCC2CCN(C(=O)C3(c4ccc(F)cc4)CCOCC3)CC2)cc1. The lowest BCUT2D eigenvalue weighted by Gasteiger charge is -2.42. The number of ether oxygens (including phenoxy) is 2. The largest absolute Gasteiger partial charge is 0.494 e. The van der Waals surface area contributed by atoms with Crippen LogP contribution >= 0.6 is 0 Å². The molecule has 5 heteroatoms. The first kappa shape index (κ1) is 22.8. The molecule has 1 amide bonds. The van der Waals surface area contributed by atoms with Crippen LogP contribution in [-0.2, 0) is 21.4 Å². The van der Waals surface area contributed by atoms with Crippen molar-refractivity contribution in [3.8, 4) is 5.75 Å². The Balaban J connectivity index is 1.34. The molecule has 2 saturated heterocycles. The monoisotopic (exact) mass is 439 g/mol. The summed E-state index contributed by atoms with van der Waals surface area (Å²) in [5.41, 5.74) is 1.68. The Kier molecular flexibility index (Phi) is 7.46. The first-order chi connectivity index (χ1) is 15.6. The fourth-order valence-electron chi connectivity index (χ4n) is 5.13. The van der Waals surface area contributed by atoms with Crippen LogP contribution in [0.3, 0.4) is 0 Å². The third-order valence-corrected chi connectivity index (χ3v) is 7.13. The maximum Gasteiger partial charge on any atom is 0.233 e. The van der Waals surface area contributed by atoms with Gasteiger partial charge in [0.05, 0.1) is 12.0 Å². The highest BCUT2D eigenvalue weighted by Crippen LogP contribution is 2.38. The highest BCUT2D eigenvalue weighted by atomic mass is 19.1. The molecule has 0 atom stereocenters. The van der Waals surface area contributed by atoms with Crippen molar-refractivity contribution in [3.05, 3.63) is 65.5 Å². The number of piperidine rings is 1. The Morgan fingerprint density at radius 1 is 1.06 bits per heavy atom. The Morgan fingerprint density at radius 2 is 1.72 bits per heavy atom. The van der Waals surface area contributed by atoms with Crippen LogP contribution in [0.4, 0.5) is 4.39 Å². The molecule has 0 radical (unpaired) electrons. The van der Waals surface area contributed by atoms with E-state index in [0.717, 1.165) is 50.1 Å². The number of likely N-dealkylation sites (tertiary alicyclic amines) is 1. The van der Waals surface area contributed by atoms with E-state index in [1.807, 2.05) is 24.0 Å². The molecular formula is C27H34FNO3. The standard InChI is InChI=1S/C27H34FNO3/c1-2-32-25-11-5-21(6-12-25)3-4-22-13-17-29(18-14-22)26(30)27(15-19-31-20-16-27)23-7-9-24(28)10-8-23/h5-12,22H,2-4,13-20H2,1H3. The van der Waals surface area contributed by atoms with E-state index in [9.17, 15) is 9.18 Å². The zero-order valence-electron chi connectivity index (χ0n) is 19.0. The molecule has 2 aromatic rings. The fraction of sp³-hybridized carbons (Fsp3) is 0.519. The first-order valence-corrected chi connectivity index (χ1v) is 12.0. The summed E-state index contributed by atoms with van der Waals surface area (Å²) in [4.78, 5) is 15.7. The molecule has 2 aromatic carbocycles. The van der Waals surface area contributed by atoms with Gasteiger partial charge in [-0.1, -0.05) is 24.3 Å². The first-order valence-electron chi connectivity index (χ1n) is 12.0. The van der Waals surface area contributed by atoms with Crippen LogP contribution in [0, 0.1) is 11.7 Å². The molecule has 0 aromatic heterocycles. The number of hydrogen-bond acceptors (Lipinski definition) is 3. The normalized spacial score (nSPS) is 19.0. The second-order valence-corrected chi connectivity index (χ2v) is 9.05. The van der Waals surface area contributed by atoms with E-state index in [2.05, 4.69) is 12.1 Å². The van der Waals surface area contributed by atoms with Gasteiger partial charge in [0.2, 0.25) is 5.91 Å². The number of hydrogen-bond donors (Lipinski definition) is 0. The van der Waals surface area contributed by atoms with Crippen molar-refractivity contribution in [2.24, 2.45) is 5.92 Å². The van der Waals surface area contributed by atoms with Crippen molar-refractivity contribution >= 4 is 5.91 Å². The van der Waals surface area contributed by atoms with Gasteiger partial charge in [-0.25, -0.2) is 4.39 Å². The van der Waals surface area contributed by atoms with E-state index in [1.165, 1.54) is 17.7 Å². The van der Waals surface area contributed by atoms with E-state index in [-0.39, 0.29) is 11.7 Å². The van der Waals surface area contributed by atoms with E-state index >= 15 is 0 Å². The molecule has 2 aliphatic heterocycles. The highest BCUT2D eigenvalue weighted by molar-refractivity contribution is 5.88. The van der Waals surface area contributed by atoms with E-state index in [1.54, 1.807) is 12.1 Å². The minimum absolute atomic E-state index is 0.192. The summed E-state index contributed by atoms with van der Waals surface area (Å²) in [5, 5.41) is 0. The molecule has 0 unspecified atom stereocenters. The maximum atomic E-state index is 13.7. The van der Waals surface area contributed by atoms with Gasteiger partial charge in [-0.15, -0.1) is 0 Å². The minimum Gasteiger partial charge on any atom is -0.494 e. The third-order valence-electron chi connectivity index (χ3n) is 7.13. The molecular weight excluding hydrogens is 405 g/mol. The summed E-state index contributed by atoms with van der Waals surface area (Å²) in [7, 11) is 0. The average molecular weight is 440 g/mol. The Bertz CT molecular complexity index is 867. The molecule has 0 saturated carbocycles. The summed E-state index contributed by atoms with van der Waals surface area (Å²) >= 11 is 0. The Morgan fingerprint density at radius 3 is 2.34 bits per heavy atom. The van der Waals surface area contributed by atoms with Crippen molar-refractivity contribution in [1.82, 2.24) is 4.90 Å². The molecule has 2 aliphatic rings. The zero-order chi connectivity index (χ0) is 22.4. The molecule has 32 heavy (non-hydrogen) atoms. The van der Waals surface area contributed by atoms with Crippen LogP contribution in [0.2, 0.25) is 0 Å². The van der Waals surface area contributed by atoms with Crippen LogP contribution < -0.4 is 4.74 Å². The number of carbonyl (C=O) groups excluding carboxylic acids is 1. The van der Waals surface area contributed by atoms with Crippen molar-refractivity contribution in [2.45, 2.75) is 50.9 Å². The topological polar surface area (TPSA) is 38.8 Å². The van der Waals surface area contributed by atoms with Gasteiger partial charge < -0.3 is 14.4 Å². The number of aryl methyl sites for hydroxylation is 1. The Hall–Kier alpha value is -2.40. The number of benzene rings is 2. The number of carbonyl (C=O) groups is 1. The lowest BCUT2D eigenvalue weighted by Crippen LogP contribution is -2.52. The van der Waals surface area contributed by atoms with E-state index in [0.29, 0.717) is 38.6 Å². The maximum absolute atomic E-state index is 13.7. The molecule has 2 fully saturated rings. The van der Waals surface area contributed by atoms with Gasteiger partial charge in [-0.3, -0.25) is 4.79 Å². The fourth-order valence-corrected chi connectivity index (χ4v) is 5.13. The second kappa shape index (κ2) is 10.5. The average Bonchev–Trinajstić information content (AvgIpc) is 2.84. The van der Waals surface area contributed by atoms with Crippen LogP contribution in [0.1, 0.15) is 50.2 Å². The highest BCUT2D eigenvalue weighted by Gasteiger charge is 2.44. The van der Waals surface area contributed by atoms with Crippen molar-refractivity contribution in [2.75, 3.05) is 32.9 Å². The number of amides is 1. The van der Waals surface area contributed by atoms with E-state index < -0.39 is 5.41 Å². The minimum atomic E-state index is -0.582. The molecule has 0 spiro atoms. The van der Waals surface area contributed by atoms with Gasteiger partial charge >= 0.3 is 0 Å². The molecule has 172 valence electrons. The summed E-state index contributed by atoms with van der Waals surface area (Å²) in [6.07, 6.45) is 5.61. The van der Waals surface area contributed by atoms with Crippen molar-refractivity contribution in [3.63, 3.8) is 0 Å². The van der Waals surface area contributed by atoms with Gasteiger partial charge in [0, 0.05) is 26.3 Å². The second-order valence-electron chi connectivity index (χ2n) is 9.05. The molecule has 0 aliphatic carbocycles. The quantitative estimate of drug-likeness (QED) is 0.599. The lowest BCUT2D eigenvalue weighted by atomic mass is 9.72. The summed E-state index contributed by atoms with van der Waals surface area (Å²) in [6.45, 7) is 5.43. The van der Waals surface area contributed by atoms with Gasteiger partial charge in [0.1, 0.15) is 11.6 Å². The van der Waals surface area contributed by atoms with Crippen LogP contribution in [0.5, 0.6) is 5.75 Å². The van der Waals surface area contributed by atoms with Gasteiger partial charge in [0.15, 0.2) is 0 Å². The van der Waals surface area contributed by atoms with Crippen LogP contribution in [0.15, 0.2) is 48.5 Å². The number of nitrogens with zero attached hydrogens (tertiary/aromatic N) is 1. The number of rotatable bonds is 7. The van der Waals surface area contributed by atoms with Crippen LogP contribution in [0.25, 0.3) is 0 Å². The van der Waals surface area contributed by atoms with E-state index in [4.69, 9.17) is 9.47 Å². The zero-order valence-corrected chi connectivity index (χ0v) is 19.0. The van der Waals surface area contributed by atoms with Crippen molar-refractivity contribution < 1.29 is 18.7 Å². The predicted octanol–water partition coefficient (Wildman–Crippen LogP) is 5.14. The third kappa shape index (κ3) is 5.15. The smallest absolute Gasteiger partial charge is 0.233 e. The predicted molar refractivity (Wildman–Crippen MR) is 123 cm³/mol. The molecule has 4 rings (SSSR count). The molecule has 4 nitrogen and oxygen atoms in total. The van der Waals surface area contributed by atoms with Gasteiger partial charge in [0.25, 0.3) is 0 Å².